The van der Waals surface area contributed by atoms with Gasteiger partial charge in [0.15, 0.2) is 0 Å². The Hall–Kier alpha value is -5.48. The molecule has 5 atom stereocenters. The minimum atomic E-state index is -0.852. The second-order valence-corrected chi connectivity index (χ2v) is 20.5. The van der Waals surface area contributed by atoms with Crippen LogP contribution in [0.2, 0.25) is 0 Å². The van der Waals surface area contributed by atoms with Crippen LogP contribution in [0.4, 0.5) is 19.2 Å². The van der Waals surface area contributed by atoms with Crippen molar-refractivity contribution >= 4 is 36.2 Å². The van der Waals surface area contributed by atoms with Crippen LogP contribution in [0.25, 0.3) is 0 Å². The van der Waals surface area contributed by atoms with Gasteiger partial charge in [-0.1, -0.05) is 80.1 Å². The van der Waals surface area contributed by atoms with Gasteiger partial charge < -0.3 is 28.4 Å². The van der Waals surface area contributed by atoms with E-state index in [1.807, 2.05) is 109 Å². The lowest BCUT2D eigenvalue weighted by atomic mass is 9.92. The first kappa shape index (κ1) is 55.1. The number of allylic oxidation sites excluding steroid dienone is 1. The molecule has 0 unspecified atom stereocenters. The van der Waals surface area contributed by atoms with Crippen molar-refractivity contribution in [2.75, 3.05) is 26.4 Å². The molecule has 0 saturated carbocycles. The molecule has 2 aromatic rings. The summed E-state index contributed by atoms with van der Waals surface area (Å²) < 4.78 is 33.3. The third-order valence-electron chi connectivity index (χ3n) is 11.6. The summed E-state index contributed by atoms with van der Waals surface area (Å²) in [6.45, 7) is 26.3. The van der Waals surface area contributed by atoms with E-state index >= 15 is 0 Å². The fraction of sp³-hybridized carbons (Fsp3) is 0.615. The van der Waals surface area contributed by atoms with E-state index in [4.69, 9.17) is 28.4 Å². The maximum atomic E-state index is 13.7. The van der Waals surface area contributed by atoms with Crippen LogP contribution >= 0.6 is 0 Å². The number of amides is 6. The Labute approximate surface area is 403 Å². The minimum absolute atomic E-state index is 0.101. The molecule has 0 radical (unpaired) electrons. The van der Waals surface area contributed by atoms with Gasteiger partial charge in [-0.3, -0.25) is 19.4 Å². The highest BCUT2D eigenvalue weighted by Crippen LogP contribution is 2.35. The van der Waals surface area contributed by atoms with Crippen LogP contribution in [-0.4, -0.2) is 129 Å². The van der Waals surface area contributed by atoms with Gasteiger partial charge in [-0.25, -0.2) is 29.0 Å². The van der Waals surface area contributed by atoms with Gasteiger partial charge in [0.05, 0.1) is 37.4 Å². The number of ether oxygens (including phenoxy) is 6. The van der Waals surface area contributed by atoms with Crippen LogP contribution < -0.4 is 0 Å². The van der Waals surface area contributed by atoms with Gasteiger partial charge in [0.25, 0.3) is 0 Å². The summed E-state index contributed by atoms with van der Waals surface area (Å²) in [4.78, 5) is 82.8. The average Bonchev–Trinajstić information content (AvgIpc) is 3.97. The smallest absolute Gasteiger partial charge is 0.416 e. The summed E-state index contributed by atoms with van der Waals surface area (Å²) in [7, 11) is 0. The number of carbonyl (C=O) groups excluding carboxylic acids is 6. The fourth-order valence-electron chi connectivity index (χ4n) is 8.71. The van der Waals surface area contributed by atoms with Crippen molar-refractivity contribution < 1.29 is 57.2 Å². The number of cyclic esters (lactones) is 2. The monoisotopic (exact) mass is 949 g/mol. The van der Waals surface area contributed by atoms with Crippen molar-refractivity contribution in [3.8, 4) is 0 Å². The molecular formula is C52H76N4O12. The lowest BCUT2D eigenvalue weighted by molar-refractivity contribution is -0.134. The minimum Gasteiger partial charge on any atom is -0.447 e. The van der Waals surface area contributed by atoms with Crippen LogP contribution in [0.15, 0.2) is 73.3 Å². The number of imide groups is 2. The number of rotatable bonds is 12. The third kappa shape index (κ3) is 15.3. The second kappa shape index (κ2) is 23.7. The molecule has 0 N–H and O–H groups in total. The molecule has 4 aliphatic rings. The van der Waals surface area contributed by atoms with Crippen LogP contribution in [0, 0.1) is 5.92 Å². The largest absolute Gasteiger partial charge is 0.447 e. The second-order valence-electron chi connectivity index (χ2n) is 20.5. The molecule has 2 aromatic carbocycles. The maximum absolute atomic E-state index is 13.7. The Kier molecular flexibility index (Phi) is 19.2. The van der Waals surface area contributed by atoms with E-state index in [2.05, 4.69) is 6.58 Å². The topological polar surface area (TPSA) is 171 Å². The molecule has 68 heavy (non-hydrogen) atoms. The summed E-state index contributed by atoms with van der Waals surface area (Å²) in [5.74, 6) is -1.00. The third-order valence-corrected chi connectivity index (χ3v) is 11.6. The molecular weight excluding hydrogens is 873 g/mol. The zero-order valence-corrected chi connectivity index (χ0v) is 42.4. The molecule has 0 bridgehead atoms. The molecule has 376 valence electrons. The molecule has 6 rings (SSSR count). The Bertz CT molecular complexity index is 2030. The van der Waals surface area contributed by atoms with Crippen molar-refractivity contribution in [3.05, 3.63) is 84.4 Å². The molecule has 16 nitrogen and oxygen atoms in total. The summed E-state index contributed by atoms with van der Waals surface area (Å²) in [6, 6.07) is 18.1. The van der Waals surface area contributed by atoms with Gasteiger partial charge in [0, 0.05) is 12.3 Å². The van der Waals surface area contributed by atoms with E-state index in [0.29, 0.717) is 45.3 Å². The summed E-state index contributed by atoms with van der Waals surface area (Å²) in [6.07, 6.45) is 2.90. The van der Waals surface area contributed by atoms with E-state index in [0.717, 1.165) is 17.5 Å². The molecule has 6 amide bonds. The number of hydrogen-bond donors (Lipinski definition) is 0. The van der Waals surface area contributed by atoms with Crippen LogP contribution in [-0.2, 0) is 50.9 Å². The van der Waals surface area contributed by atoms with Crippen molar-refractivity contribution in [2.24, 2.45) is 5.92 Å². The van der Waals surface area contributed by atoms with Gasteiger partial charge in [-0.15, -0.1) is 6.58 Å². The first-order valence-corrected chi connectivity index (χ1v) is 23.8. The molecule has 4 fully saturated rings. The highest BCUT2D eigenvalue weighted by Gasteiger charge is 2.49. The average molecular weight is 949 g/mol. The number of carbonyl (C=O) groups is 6. The zero-order chi connectivity index (χ0) is 50.6. The van der Waals surface area contributed by atoms with Gasteiger partial charge in [-0.05, 0) is 119 Å². The summed E-state index contributed by atoms with van der Waals surface area (Å²) in [5, 5.41) is 0. The number of benzene rings is 2. The van der Waals surface area contributed by atoms with Gasteiger partial charge >= 0.3 is 24.4 Å². The summed E-state index contributed by atoms with van der Waals surface area (Å²) in [5.41, 5.74) is -0.903. The highest BCUT2D eigenvalue weighted by molar-refractivity contribution is 5.95. The van der Waals surface area contributed by atoms with E-state index in [-0.39, 0.29) is 55.6 Å². The highest BCUT2D eigenvalue weighted by atomic mass is 16.6. The van der Waals surface area contributed by atoms with Crippen molar-refractivity contribution in [2.45, 2.75) is 175 Å². The molecule has 4 saturated heterocycles. The first-order valence-electron chi connectivity index (χ1n) is 23.8. The van der Waals surface area contributed by atoms with E-state index in [9.17, 15) is 28.8 Å². The van der Waals surface area contributed by atoms with Crippen LogP contribution in [0.3, 0.4) is 0 Å². The normalized spacial score (nSPS) is 22.2. The van der Waals surface area contributed by atoms with Crippen molar-refractivity contribution in [1.82, 2.24) is 19.6 Å². The Morgan fingerprint density at radius 3 is 1.54 bits per heavy atom. The van der Waals surface area contributed by atoms with Crippen LogP contribution in [0.5, 0.6) is 0 Å². The quantitative estimate of drug-likeness (QED) is 0.146. The van der Waals surface area contributed by atoms with E-state index < -0.39 is 52.9 Å². The summed E-state index contributed by atoms with van der Waals surface area (Å²) >= 11 is 0. The van der Waals surface area contributed by atoms with Gasteiger partial charge in [-0.2, -0.15) is 0 Å². The Balaban J connectivity index is 0.000000281. The van der Waals surface area contributed by atoms with Crippen LogP contribution in [0.1, 0.15) is 126 Å². The van der Waals surface area contributed by atoms with E-state index in [1.54, 1.807) is 50.5 Å². The lowest BCUT2D eigenvalue weighted by Gasteiger charge is -2.36. The maximum Gasteiger partial charge on any atom is 0.416 e. The fourth-order valence-corrected chi connectivity index (χ4v) is 8.71. The predicted octanol–water partition coefficient (Wildman–Crippen LogP) is 9.68. The Morgan fingerprint density at radius 2 is 1.10 bits per heavy atom. The predicted molar refractivity (Wildman–Crippen MR) is 256 cm³/mol. The number of hydrogen-bond acceptors (Lipinski definition) is 12. The zero-order valence-electron chi connectivity index (χ0n) is 42.4. The number of nitrogens with zero attached hydrogens (tertiary/aromatic N) is 4. The lowest BCUT2D eigenvalue weighted by Crippen LogP contribution is -2.51. The van der Waals surface area contributed by atoms with Gasteiger partial charge in [0.1, 0.15) is 35.9 Å². The molecule has 16 heteroatoms. The van der Waals surface area contributed by atoms with Crippen molar-refractivity contribution in [1.29, 1.82) is 0 Å². The van der Waals surface area contributed by atoms with Crippen molar-refractivity contribution in [3.63, 3.8) is 0 Å². The Morgan fingerprint density at radius 1 is 0.691 bits per heavy atom. The molecule has 0 aromatic heterocycles. The molecule has 0 aliphatic carbocycles. The standard InChI is InChI=1S/C26H38N2O6.C23H32N2O6.C3H6/c1-7-11-19(15-21-17-33-26(5,6)28(21)24(31)34-25(2,3)4)22(29)27-20(16-32-23(27)30)14-18-12-9-8-10-13-18;1-22(2,3)31-21(28)25-17(15-30-23(25,4)5)11-12-19(26)24-18(14-29-20(24)27)13-16-9-7-6-8-10-16;1-3-2/h8-10,12-13,19-21H,7,11,14-17H2,1-6H3;6-10,17-18H,11-15H2,1-5H3;3H,1H2,2H3/t19-,20-,21+;17-,18+;/m10./s1. The molecule has 0 spiro atoms. The van der Waals surface area contributed by atoms with Gasteiger partial charge in [0.2, 0.25) is 11.8 Å². The first-order chi connectivity index (χ1) is 31.8. The molecule has 4 aliphatic heterocycles. The molecule has 4 heterocycles. The van der Waals surface area contributed by atoms with E-state index in [1.165, 1.54) is 9.80 Å². The SMILES string of the molecule is C=CC.CC(C)(C)OC(=O)N1[C@@H](CCC(=O)N2C(=O)OC[C@H]2Cc2ccccc2)COC1(C)C.CCC[C@H](C[C@H]1COC(C)(C)N1C(=O)OC(C)(C)C)C(=O)N1C(=O)OC[C@H]1Cc1ccccc1.